The van der Waals surface area contributed by atoms with Crippen LogP contribution in [-0.2, 0) is 4.79 Å². The van der Waals surface area contributed by atoms with E-state index in [1.54, 1.807) is 0 Å². The highest BCUT2D eigenvalue weighted by Crippen LogP contribution is 2.47. The molecule has 0 aromatic rings. The molecule has 1 amide bonds. The van der Waals surface area contributed by atoms with E-state index in [1.807, 2.05) is 42.4 Å². The van der Waals surface area contributed by atoms with Gasteiger partial charge in [-0.15, -0.1) is 0 Å². The number of rotatable bonds is 6. The monoisotopic (exact) mass is 333 g/mol. The first-order chi connectivity index (χ1) is 9.04. The summed E-state index contributed by atoms with van der Waals surface area (Å²) in [5, 5.41) is 3.10. The molecule has 1 N–H and O–H groups in total. The quantitative estimate of drug-likeness (QED) is 0.649. The highest BCUT2D eigenvalue weighted by molar-refractivity contribution is 8.77. The molecule has 0 aliphatic heterocycles. The van der Waals surface area contributed by atoms with Crippen molar-refractivity contribution in [2.24, 2.45) is 10.8 Å². The van der Waals surface area contributed by atoms with E-state index in [4.69, 9.17) is 0 Å². The normalized spacial score (nSPS) is 14.2. The van der Waals surface area contributed by atoms with Crippen molar-refractivity contribution in [2.75, 3.05) is 6.54 Å². The second-order valence-corrected chi connectivity index (χ2v) is 13.0. The van der Waals surface area contributed by atoms with E-state index in [2.05, 4.69) is 53.8 Å². The Hall–Kier alpha value is 0.170. The van der Waals surface area contributed by atoms with Crippen LogP contribution in [0, 0.1) is 10.8 Å². The maximum Gasteiger partial charge on any atom is 0.225 e. The molecule has 4 heteroatoms. The molecule has 126 valence electrons. The standard InChI is InChI=1S/C17H35NOS2/c1-14(2,3)13(19)18-12-16(7,8)11-17(9,10)21-20-15(4,5)6/h11-12H2,1-10H3,(H,18,19). The third-order valence-electron chi connectivity index (χ3n) is 2.83. The molecule has 0 saturated carbocycles. The van der Waals surface area contributed by atoms with Crippen molar-refractivity contribution in [1.29, 1.82) is 0 Å². The summed E-state index contributed by atoms with van der Waals surface area (Å²) in [6.45, 7) is 22.4. The van der Waals surface area contributed by atoms with E-state index in [1.165, 1.54) is 0 Å². The van der Waals surface area contributed by atoms with Gasteiger partial charge in [0.05, 0.1) is 0 Å². The summed E-state index contributed by atoms with van der Waals surface area (Å²) in [5.74, 6) is 0.130. The topological polar surface area (TPSA) is 29.1 Å². The van der Waals surface area contributed by atoms with Gasteiger partial charge in [-0.2, -0.15) is 0 Å². The Balaban J connectivity index is 4.48. The fourth-order valence-corrected chi connectivity index (χ4v) is 4.60. The lowest BCUT2D eigenvalue weighted by molar-refractivity contribution is -0.129. The van der Waals surface area contributed by atoms with Gasteiger partial charge in [0, 0.05) is 21.5 Å². The number of nitrogens with one attached hydrogen (secondary N) is 1. The van der Waals surface area contributed by atoms with E-state index in [9.17, 15) is 4.79 Å². The minimum absolute atomic E-state index is 0.0931. The first-order valence-corrected chi connectivity index (χ1v) is 9.84. The van der Waals surface area contributed by atoms with Crippen molar-refractivity contribution in [3.8, 4) is 0 Å². The van der Waals surface area contributed by atoms with Crippen LogP contribution in [0.3, 0.4) is 0 Å². The summed E-state index contributed by atoms with van der Waals surface area (Å²) < 4.78 is 0.459. The summed E-state index contributed by atoms with van der Waals surface area (Å²) >= 11 is 0. The largest absolute Gasteiger partial charge is 0.355 e. The predicted molar refractivity (Wildman–Crippen MR) is 99.9 cm³/mol. The van der Waals surface area contributed by atoms with Crippen molar-refractivity contribution in [3.05, 3.63) is 0 Å². The Morgan fingerprint density at radius 3 is 1.71 bits per heavy atom. The average Bonchev–Trinajstić information content (AvgIpc) is 2.20. The van der Waals surface area contributed by atoms with Gasteiger partial charge in [0.25, 0.3) is 0 Å². The maximum atomic E-state index is 12.0. The Bertz CT molecular complexity index is 349. The van der Waals surface area contributed by atoms with Gasteiger partial charge in [0.2, 0.25) is 5.91 Å². The van der Waals surface area contributed by atoms with Crippen molar-refractivity contribution in [3.63, 3.8) is 0 Å². The van der Waals surface area contributed by atoms with Gasteiger partial charge in [0.15, 0.2) is 0 Å². The van der Waals surface area contributed by atoms with Crippen LogP contribution in [0.2, 0.25) is 0 Å². The second-order valence-electron chi connectivity index (χ2n) is 9.31. The number of carbonyl (C=O) groups is 1. The van der Waals surface area contributed by atoms with Gasteiger partial charge >= 0.3 is 0 Å². The molecule has 0 fully saturated rings. The highest BCUT2D eigenvalue weighted by atomic mass is 33.1. The molecule has 21 heavy (non-hydrogen) atoms. The van der Waals surface area contributed by atoms with Gasteiger partial charge in [-0.1, -0.05) is 77.0 Å². The van der Waals surface area contributed by atoms with Crippen molar-refractivity contribution >= 4 is 27.5 Å². The fraction of sp³-hybridized carbons (Fsp3) is 0.941. The summed E-state index contributed by atoms with van der Waals surface area (Å²) in [6.07, 6.45) is 1.07. The van der Waals surface area contributed by atoms with E-state index < -0.39 is 0 Å². The molecule has 0 atom stereocenters. The first-order valence-electron chi connectivity index (χ1n) is 7.69. The molecule has 0 spiro atoms. The lowest BCUT2D eigenvalue weighted by Crippen LogP contribution is -2.42. The Kier molecular flexibility index (Phi) is 7.22. The first kappa shape index (κ1) is 21.2. The van der Waals surface area contributed by atoms with Crippen molar-refractivity contribution in [1.82, 2.24) is 5.32 Å². The van der Waals surface area contributed by atoms with E-state index >= 15 is 0 Å². The Morgan fingerprint density at radius 2 is 1.33 bits per heavy atom. The minimum Gasteiger partial charge on any atom is -0.355 e. The molecule has 0 aromatic heterocycles. The van der Waals surface area contributed by atoms with Gasteiger partial charge < -0.3 is 5.32 Å². The minimum atomic E-state index is -0.317. The van der Waals surface area contributed by atoms with Crippen molar-refractivity contribution < 1.29 is 4.79 Å². The summed E-state index contributed by atoms with van der Waals surface area (Å²) in [4.78, 5) is 12.0. The highest BCUT2D eigenvalue weighted by Gasteiger charge is 2.32. The average molecular weight is 334 g/mol. The zero-order chi connectivity index (χ0) is 17.1. The number of amides is 1. The van der Waals surface area contributed by atoms with Crippen LogP contribution in [0.15, 0.2) is 0 Å². The van der Waals surface area contributed by atoms with Crippen LogP contribution < -0.4 is 5.32 Å². The SMILES string of the molecule is CC(C)(CNC(=O)C(C)(C)C)CC(C)(C)SSC(C)(C)C. The Morgan fingerprint density at radius 1 is 0.857 bits per heavy atom. The lowest BCUT2D eigenvalue weighted by Gasteiger charge is -2.36. The van der Waals surface area contributed by atoms with E-state index in [0.29, 0.717) is 0 Å². The number of carbonyl (C=O) groups excluding carboxylic acids is 1. The molecule has 0 aromatic carbocycles. The molecule has 0 heterocycles. The zero-order valence-corrected chi connectivity index (χ0v) is 17.3. The number of hydrogen-bond donors (Lipinski definition) is 1. The van der Waals surface area contributed by atoms with Crippen LogP contribution in [-0.4, -0.2) is 21.9 Å². The van der Waals surface area contributed by atoms with Gasteiger partial charge in [-0.3, -0.25) is 4.79 Å². The van der Waals surface area contributed by atoms with E-state index in [-0.39, 0.29) is 26.2 Å². The second kappa shape index (κ2) is 7.16. The van der Waals surface area contributed by atoms with Crippen LogP contribution in [0.25, 0.3) is 0 Å². The molecular formula is C17H35NOS2. The number of hydrogen-bond acceptors (Lipinski definition) is 3. The summed E-state index contributed by atoms with van der Waals surface area (Å²) in [6, 6.07) is 0. The fourth-order valence-electron chi connectivity index (χ4n) is 2.07. The van der Waals surface area contributed by atoms with Gasteiger partial charge in [0.1, 0.15) is 0 Å². The summed E-state index contributed by atoms with van der Waals surface area (Å²) in [5.41, 5.74) is -0.224. The van der Waals surface area contributed by atoms with Crippen LogP contribution >= 0.6 is 21.6 Å². The van der Waals surface area contributed by atoms with Crippen LogP contribution in [0.4, 0.5) is 0 Å². The molecule has 0 saturated heterocycles. The molecule has 0 bridgehead atoms. The predicted octanol–water partition coefficient (Wildman–Crippen LogP) is 5.52. The van der Waals surface area contributed by atoms with Crippen LogP contribution in [0.1, 0.15) is 75.7 Å². The molecule has 0 unspecified atom stereocenters. The smallest absolute Gasteiger partial charge is 0.225 e. The van der Waals surface area contributed by atoms with E-state index in [0.717, 1.165) is 13.0 Å². The maximum absolute atomic E-state index is 12.0. The third-order valence-corrected chi connectivity index (χ3v) is 7.11. The molecule has 2 nitrogen and oxygen atoms in total. The molecule has 0 aliphatic carbocycles. The zero-order valence-electron chi connectivity index (χ0n) is 15.6. The van der Waals surface area contributed by atoms with Gasteiger partial charge in [-0.05, 0) is 25.7 Å². The van der Waals surface area contributed by atoms with Gasteiger partial charge in [-0.25, -0.2) is 0 Å². The molecule has 0 aliphatic rings. The summed E-state index contributed by atoms with van der Waals surface area (Å²) in [7, 11) is 3.90. The lowest BCUT2D eigenvalue weighted by atomic mass is 9.83. The third kappa shape index (κ3) is 10.5. The molecule has 0 rings (SSSR count). The van der Waals surface area contributed by atoms with Crippen molar-refractivity contribution in [2.45, 2.75) is 85.2 Å². The molecular weight excluding hydrogens is 298 g/mol. The molecule has 0 radical (unpaired) electrons. The van der Waals surface area contributed by atoms with Crippen LogP contribution in [0.5, 0.6) is 0 Å². The Labute approximate surface area is 140 Å².